The summed E-state index contributed by atoms with van der Waals surface area (Å²) in [6.45, 7) is 2.23. The lowest BCUT2D eigenvalue weighted by Gasteiger charge is -2.32. The van der Waals surface area contributed by atoms with E-state index < -0.39 is 0 Å². The Balaban J connectivity index is 2.10. The second-order valence-electron chi connectivity index (χ2n) is 4.27. The smallest absolute Gasteiger partial charge is 0.338 e. The Morgan fingerprint density at radius 1 is 1.50 bits per heavy atom. The zero-order valence-electron chi connectivity index (χ0n) is 9.48. The predicted molar refractivity (Wildman–Crippen MR) is 62.3 cm³/mol. The van der Waals surface area contributed by atoms with Gasteiger partial charge in [0.05, 0.1) is 12.2 Å². The lowest BCUT2D eigenvalue weighted by Crippen LogP contribution is -2.34. The minimum absolute atomic E-state index is 0.243. The first kappa shape index (κ1) is 11.1. The molecule has 0 unspecified atom stereocenters. The molecule has 3 heteroatoms. The summed E-state index contributed by atoms with van der Waals surface area (Å²) < 4.78 is 4.97. The number of nitrogens with two attached hydrogens (primary N) is 1. The fraction of sp³-hybridized carbons (Fsp3) is 0.462. The van der Waals surface area contributed by atoms with E-state index >= 15 is 0 Å². The standard InChI is InChI=1S/C13H17NO2/c1-2-16-13(15)10-5-3-4-9(6-10)11-7-12(14)8-11/h3-6,11-12H,2,7-8,14H2,1H3. The van der Waals surface area contributed by atoms with Crippen LogP contribution in [0.25, 0.3) is 0 Å². The Morgan fingerprint density at radius 2 is 2.25 bits per heavy atom. The summed E-state index contributed by atoms with van der Waals surface area (Å²) in [5.74, 6) is 0.275. The van der Waals surface area contributed by atoms with Crippen molar-refractivity contribution in [1.82, 2.24) is 0 Å². The molecule has 3 nitrogen and oxygen atoms in total. The van der Waals surface area contributed by atoms with E-state index in [4.69, 9.17) is 10.5 Å². The number of rotatable bonds is 3. The molecule has 1 fully saturated rings. The van der Waals surface area contributed by atoms with E-state index in [1.165, 1.54) is 5.56 Å². The average Bonchev–Trinajstić information content (AvgIpc) is 2.25. The van der Waals surface area contributed by atoms with E-state index in [0.29, 0.717) is 24.1 Å². The van der Waals surface area contributed by atoms with Gasteiger partial charge < -0.3 is 10.5 Å². The molecule has 0 radical (unpaired) electrons. The molecule has 1 aromatic carbocycles. The Hall–Kier alpha value is -1.35. The first-order chi connectivity index (χ1) is 7.70. The van der Waals surface area contributed by atoms with Crippen LogP contribution >= 0.6 is 0 Å². The van der Waals surface area contributed by atoms with Gasteiger partial charge in [-0.15, -0.1) is 0 Å². The molecule has 0 amide bonds. The highest BCUT2D eigenvalue weighted by Crippen LogP contribution is 2.35. The third-order valence-electron chi connectivity index (χ3n) is 3.04. The van der Waals surface area contributed by atoms with E-state index in [2.05, 4.69) is 6.07 Å². The van der Waals surface area contributed by atoms with Gasteiger partial charge in [0.25, 0.3) is 0 Å². The van der Waals surface area contributed by atoms with Crippen molar-refractivity contribution in [1.29, 1.82) is 0 Å². The number of hydrogen-bond donors (Lipinski definition) is 1. The molecule has 1 aliphatic rings. The van der Waals surface area contributed by atoms with Crippen molar-refractivity contribution < 1.29 is 9.53 Å². The molecule has 0 saturated heterocycles. The van der Waals surface area contributed by atoms with E-state index in [9.17, 15) is 4.79 Å². The molecule has 0 atom stereocenters. The van der Waals surface area contributed by atoms with Crippen LogP contribution in [-0.2, 0) is 4.74 Å². The molecule has 2 N–H and O–H groups in total. The van der Waals surface area contributed by atoms with Crippen molar-refractivity contribution in [2.24, 2.45) is 5.73 Å². The van der Waals surface area contributed by atoms with Crippen molar-refractivity contribution in [3.8, 4) is 0 Å². The van der Waals surface area contributed by atoms with Crippen LogP contribution in [0.1, 0.15) is 41.6 Å². The molecular weight excluding hydrogens is 202 g/mol. The average molecular weight is 219 g/mol. The van der Waals surface area contributed by atoms with Crippen molar-refractivity contribution in [2.45, 2.75) is 31.7 Å². The van der Waals surface area contributed by atoms with Crippen LogP contribution in [0, 0.1) is 0 Å². The van der Waals surface area contributed by atoms with Gasteiger partial charge in [-0.2, -0.15) is 0 Å². The van der Waals surface area contributed by atoms with E-state index in [1.54, 1.807) is 6.07 Å². The zero-order valence-corrected chi connectivity index (χ0v) is 9.48. The van der Waals surface area contributed by atoms with Crippen LogP contribution in [0.2, 0.25) is 0 Å². The first-order valence-corrected chi connectivity index (χ1v) is 5.73. The molecule has 0 aliphatic heterocycles. The molecule has 0 spiro atoms. The molecular formula is C13H17NO2. The molecule has 1 aliphatic carbocycles. The topological polar surface area (TPSA) is 52.3 Å². The van der Waals surface area contributed by atoms with Crippen molar-refractivity contribution in [3.63, 3.8) is 0 Å². The number of carbonyl (C=O) groups excluding carboxylic acids is 1. The third kappa shape index (κ3) is 2.25. The molecule has 0 aromatic heterocycles. The number of ether oxygens (including phenoxy) is 1. The van der Waals surface area contributed by atoms with Crippen molar-refractivity contribution in [3.05, 3.63) is 35.4 Å². The third-order valence-corrected chi connectivity index (χ3v) is 3.04. The van der Waals surface area contributed by atoms with Gasteiger partial charge in [0.1, 0.15) is 0 Å². The summed E-state index contributed by atoms with van der Waals surface area (Å²) in [4.78, 5) is 11.5. The largest absolute Gasteiger partial charge is 0.462 e. The normalized spacial score (nSPS) is 23.6. The maximum absolute atomic E-state index is 11.5. The van der Waals surface area contributed by atoms with E-state index in [1.807, 2.05) is 19.1 Å². The van der Waals surface area contributed by atoms with Gasteiger partial charge >= 0.3 is 5.97 Å². The van der Waals surface area contributed by atoms with Gasteiger partial charge in [-0.25, -0.2) is 4.79 Å². The summed E-state index contributed by atoms with van der Waals surface area (Å²) in [5.41, 5.74) is 7.60. The van der Waals surface area contributed by atoms with Crippen LogP contribution < -0.4 is 5.73 Å². The maximum atomic E-state index is 11.5. The minimum Gasteiger partial charge on any atom is -0.462 e. The SMILES string of the molecule is CCOC(=O)c1cccc(C2CC(N)C2)c1. The molecule has 16 heavy (non-hydrogen) atoms. The summed E-state index contributed by atoms with van der Waals surface area (Å²) in [7, 11) is 0. The van der Waals surface area contributed by atoms with Gasteiger partial charge in [0, 0.05) is 6.04 Å². The molecule has 1 aromatic rings. The highest BCUT2D eigenvalue weighted by Gasteiger charge is 2.27. The van der Waals surface area contributed by atoms with E-state index in [-0.39, 0.29) is 5.97 Å². The van der Waals surface area contributed by atoms with Crippen LogP contribution in [0.5, 0.6) is 0 Å². The van der Waals surface area contributed by atoms with Gasteiger partial charge in [0.15, 0.2) is 0 Å². The summed E-state index contributed by atoms with van der Waals surface area (Å²) in [5, 5.41) is 0. The predicted octanol–water partition coefficient (Wildman–Crippen LogP) is 2.07. The van der Waals surface area contributed by atoms with Crippen molar-refractivity contribution >= 4 is 5.97 Å². The molecule has 1 saturated carbocycles. The van der Waals surface area contributed by atoms with Crippen LogP contribution in [0.15, 0.2) is 24.3 Å². The lowest BCUT2D eigenvalue weighted by atomic mass is 9.76. The second kappa shape index (κ2) is 4.66. The molecule has 0 heterocycles. The Kier molecular flexibility index (Phi) is 3.25. The highest BCUT2D eigenvalue weighted by molar-refractivity contribution is 5.89. The Labute approximate surface area is 95.6 Å². The first-order valence-electron chi connectivity index (χ1n) is 5.73. The number of benzene rings is 1. The van der Waals surface area contributed by atoms with Crippen LogP contribution in [0.4, 0.5) is 0 Å². The maximum Gasteiger partial charge on any atom is 0.338 e. The lowest BCUT2D eigenvalue weighted by molar-refractivity contribution is 0.0526. The van der Waals surface area contributed by atoms with Gasteiger partial charge in [0.2, 0.25) is 0 Å². The monoisotopic (exact) mass is 219 g/mol. The summed E-state index contributed by atoms with van der Waals surface area (Å²) in [6, 6.07) is 8.01. The van der Waals surface area contributed by atoms with Crippen LogP contribution in [-0.4, -0.2) is 18.6 Å². The molecule has 86 valence electrons. The Morgan fingerprint density at radius 3 is 2.88 bits per heavy atom. The quantitative estimate of drug-likeness (QED) is 0.792. The molecule has 0 bridgehead atoms. The fourth-order valence-corrected chi connectivity index (χ4v) is 2.07. The summed E-state index contributed by atoms with van der Waals surface area (Å²) in [6.07, 6.45) is 2.04. The minimum atomic E-state index is -0.243. The van der Waals surface area contributed by atoms with Crippen LogP contribution in [0.3, 0.4) is 0 Å². The van der Waals surface area contributed by atoms with Crippen molar-refractivity contribution in [2.75, 3.05) is 6.61 Å². The number of hydrogen-bond acceptors (Lipinski definition) is 3. The molecule has 2 rings (SSSR count). The van der Waals surface area contributed by atoms with Gasteiger partial charge in [-0.05, 0) is 43.4 Å². The highest BCUT2D eigenvalue weighted by atomic mass is 16.5. The van der Waals surface area contributed by atoms with Gasteiger partial charge in [-0.1, -0.05) is 12.1 Å². The Bertz CT molecular complexity index is 383. The zero-order chi connectivity index (χ0) is 11.5. The number of esters is 1. The van der Waals surface area contributed by atoms with Gasteiger partial charge in [-0.3, -0.25) is 0 Å². The second-order valence-corrected chi connectivity index (χ2v) is 4.27. The van der Waals surface area contributed by atoms with E-state index in [0.717, 1.165) is 12.8 Å². The number of carbonyl (C=O) groups is 1. The summed E-state index contributed by atoms with van der Waals surface area (Å²) >= 11 is 0. The fourth-order valence-electron chi connectivity index (χ4n) is 2.07.